The van der Waals surface area contributed by atoms with Crippen molar-refractivity contribution in [1.82, 2.24) is 25.2 Å². The number of hydrogen-bond donors (Lipinski definition) is 2. The lowest BCUT2D eigenvalue weighted by molar-refractivity contribution is -0.138. The van der Waals surface area contributed by atoms with Crippen molar-refractivity contribution >= 4 is 40.2 Å². The van der Waals surface area contributed by atoms with Gasteiger partial charge in [-0.1, -0.05) is 18.2 Å². The number of nitrogens with zero attached hydrogens (tertiary/aromatic N) is 5. The average Bonchev–Trinajstić information content (AvgIpc) is 3.22. The van der Waals surface area contributed by atoms with Crippen molar-refractivity contribution in [2.24, 2.45) is 9.98 Å². The number of hydrogen-bond acceptors (Lipinski definition) is 5. The molecule has 174 valence electrons. The van der Waals surface area contributed by atoms with Crippen molar-refractivity contribution in [1.29, 1.82) is 0 Å². The topological polar surface area (TPSA) is 81.6 Å². The van der Waals surface area contributed by atoms with Gasteiger partial charge < -0.3 is 10.3 Å². The van der Waals surface area contributed by atoms with Crippen LogP contribution in [0.1, 0.15) is 16.7 Å². The van der Waals surface area contributed by atoms with E-state index in [1.807, 2.05) is 29.2 Å². The summed E-state index contributed by atoms with van der Waals surface area (Å²) in [4.78, 5) is 22.1. The number of H-pyrrole nitrogens is 1. The Morgan fingerprint density at radius 1 is 1.12 bits per heavy atom. The lowest BCUT2D eigenvalue weighted by Gasteiger charge is -2.28. The molecular weight excluding hydrogens is 443 g/mol. The maximum absolute atomic E-state index is 13.9. The fourth-order valence-electron chi connectivity index (χ4n) is 4.32. The SMILES string of the molecule is C=NC(=Nc1cncc(C(F)(F)F)c1CN1CCNCC1)c1ccnc2[nH]c3ccccc3c12. The van der Waals surface area contributed by atoms with Crippen molar-refractivity contribution in [3.63, 3.8) is 0 Å². The van der Waals surface area contributed by atoms with Gasteiger partial charge >= 0.3 is 6.18 Å². The van der Waals surface area contributed by atoms with Gasteiger partial charge in [-0.05, 0) is 18.9 Å². The van der Waals surface area contributed by atoms with Gasteiger partial charge in [0.25, 0.3) is 0 Å². The maximum atomic E-state index is 13.9. The molecule has 2 N–H and O–H groups in total. The van der Waals surface area contributed by atoms with Crippen LogP contribution in [0.25, 0.3) is 21.9 Å². The molecule has 0 bridgehead atoms. The van der Waals surface area contributed by atoms with E-state index < -0.39 is 11.7 Å². The first-order chi connectivity index (χ1) is 16.5. The van der Waals surface area contributed by atoms with Crippen LogP contribution in [-0.4, -0.2) is 58.6 Å². The molecule has 5 rings (SSSR count). The molecule has 0 amide bonds. The van der Waals surface area contributed by atoms with Gasteiger partial charge in [-0.25, -0.2) is 15.0 Å². The van der Waals surface area contributed by atoms with Crippen LogP contribution < -0.4 is 5.32 Å². The molecule has 0 unspecified atom stereocenters. The summed E-state index contributed by atoms with van der Waals surface area (Å²) in [6, 6.07) is 9.44. The molecule has 1 saturated heterocycles. The molecule has 3 aromatic heterocycles. The van der Waals surface area contributed by atoms with Crippen molar-refractivity contribution in [3.8, 4) is 0 Å². The van der Waals surface area contributed by atoms with E-state index in [2.05, 4.69) is 37.0 Å². The predicted molar refractivity (Wildman–Crippen MR) is 127 cm³/mol. The van der Waals surface area contributed by atoms with Gasteiger partial charge in [-0.2, -0.15) is 13.2 Å². The molecule has 10 heteroatoms. The summed E-state index contributed by atoms with van der Waals surface area (Å²) in [7, 11) is 0. The van der Waals surface area contributed by atoms with Crippen LogP contribution in [0.5, 0.6) is 0 Å². The maximum Gasteiger partial charge on any atom is 0.418 e. The van der Waals surface area contributed by atoms with E-state index in [1.165, 1.54) is 6.20 Å². The molecular formula is C24H22F3N7. The Labute approximate surface area is 193 Å². The minimum Gasteiger partial charge on any atom is -0.339 e. The van der Waals surface area contributed by atoms with Crippen LogP contribution in [0.15, 0.2) is 58.9 Å². The zero-order valence-corrected chi connectivity index (χ0v) is 18.2. The molecule has 4 aromatic rings. The highest BCUT2D eigenvalue weighted by Crippen LogP contribution is 2.37. The second-order valence-corrected chi connectivity index (χ2v) is 8.05. The van der Waals surface area contributed by atoms with Gasteiger partial charge in [0, 0.05) is 72.5 Å². The number of alkyl halides is 3. The van der Waals surface area contributed by atoms with Crippen LogP contribution in [0.4, 0.5) is 18.9 Å². The molecule has 1 aliphatic heterocycles. The van der Waals surface area contributed by atoms with E-state index in [1.54, 1.807) is 12.3 Å². The van der Waals surface area contributed by atoms with Gasteiger partial charge in [0.05, 0.1) is 17.4 Å². The van der Waals surface area contributed by atoms with Gasteiger partial charge in [-0.3, -0.25) is 9.88 Å². The van der Waals surface area contributed by atoms with E-state index >= 15 is 0 Å². The monoisotopic (exact) mass is 465 g/mol. The van der Waals surface area contributed by atoms with Gasteiger partial charge in [0.2, 0.25) is 0 Å². The Hall–Kier alpha value is -3.63. The summed E-state index contributed by atoms with van der Waals surface area (Å²) in [5.41, 5.74) is 1.57. The standard InChI is InChI=1S/C24H22F3N7/c1-28-22(16-6-7-31-23-21(16)15-4-2-3-5-19(15)32-23)33-20-13-30-12-18(24(25,26)27)17(20)14-34-10-8-29-9-11-34/h2-7,12-13,29H,1,8-11,14H2,(H,31,32). The van der Waals surface area contributed by atoms with E-state index in [0.717, 1.165) is 35.6 Å². The summed E-state index contributed by atoms with van der Waals surface area (Å²) < 4.78 is 41.7. The summed E-state index contributed by atoms with van der Waals surface area (Å²) >= 11 is 0. The van der Waals surface area contributed by atoms with Crippen molar-refractivity contribution in [2.45, 2.75) is 12.7 Å². The van der Waals surface area contributed by atoms with Crippen LogP contribution in [0.2, 0.25) is 0 Å². The molecule has 0 spiro atoms. The number of para-hydroxylation sites is 1. The van der Waals surface area contributed by atoms with Gasteiger partial charge in [0.15, 0.2) is 5.84 Å². The number of piperazine rings is 1. The van der Waals surface area contributed by atoms with Crippen LogP contribution in [-0.2, 0) is 12.7 Å². The first-order valence-corrected chi connectivity index (χ1v) is 10.8. The fourth-order valence-corrected chi connectivity index (χ4v) is 4.32. The summed E-state index contributed by atoms with van der Waals surface area (Å²) in [6.07, 6.45) is -0.725. The molecule has 1 aliphatic rings. The normalized spacial score (nSPS) is 15.8. The fraction of sp³-hybridized carbons (Fsp3) is 0.250. The smallest absolute Gasteiger partial charge is 0.339 e. The molecule has 0 atom stereocenters. The number of pyridine rings is 2. The molecule has 1 aromatic carbocycles. The number of aromatic amines is 1. The van der Waals surface area contributed by atoms with E-state index in [0.29, 0.717) is 24.3 Å². The summed E-state index contributed by atoms with van der Waals surface area (Å²) in [6.45, 7) is 6.50. The number of nitrogens with one attached hydrogen (secondary N) is 2. The Morgan fingerprint density at radius 3 is 2.68 bits per heavy atom. The lowest BCUT2D eigenvalue weighted by Crippen LogP contribution is -2.43. The predicted octanol–water partition coefficient (Wildman–Crippen LogP) is 4.31. The van der Waals surface area contributed by atoms with Crippen molar-refractivity contribution in [3.05, 3.63) is 65.6 Å². The molecule has 7 nitrogen and oxygen atoms in total. The zero-order valence-electron chi connectivity index (χ0n) is 18.2. The van der Waals surface area contributed by atoms with Gasteiger partial charge in [-0.15, -0.1) is 0 Å². The molecule has 1 fully saturated rings. The molecule has 0 aliphatic carbocycles. The number of benzene rings is 1. The number of amidine groups is 1. The molecule has 4 heterocycles. The number of fused-ring (bicyclic) bond motifs is 3. The first-order valence-electron chi connectivity index (χ1n) is 10.8. The highest BCUT2D eigenvalue weighted by Gasteiger charge is 2.35. The minimum atomic E-state index is -4.55. The highest BCUT2D eigenvalue weighted by molar-refractivity contribution is 6.19. The third-order valence-electron chi connectivity index (χ3n) is 5.95. The van der Waals surface area contributed by atoms with Crippen molar-refractivity contribution < 1.29 is 13.2 Å². The minimum absolute atomic E-state index is 0.0785. The number of aliphatic imine (C=N–C) groups is 2. The third kappa shape index (κ3) is 4.17. The Kier molecular flexibility index (Phi) is 5.84. The second kappa shape index (κ2) is 8.96. The van der Waals surface area contributed by atoms with Crippen LogP contribution >= 0.6 is 0 Å². The average molecular weight is 465 g/mol. The second-order valence-electron chi connectivity index (χ2n) is 8.05. The Balaban J connectivity index is 1.67. The largest absolute Gasteiger partial charge is 0.418 e. The molecule has 34 heavy (non-hydrogen) atoms. The van der Waals surface area contributed by atoms with Crippen LogP contribution in [0.3, 0.4) is 0 Å². The van der Waals surface area contributed by atoms with Crippen molar-refractivity contribution in [2.75, 3.05) is 26.2 Å². The Bertz CT molecular complexity index is 1380. The molecule has 0 radical (unpaired) electrons. The number of halogens is 3. The quantitative estimate of drug-likeness (QED) is 0.348. The van der Waals surface area contributed by atoms with E-state index in [4.69, 9.17) is 0 Å². The summed E-state index contributed by atoms with van der Waals surface area (Å²) in [5, 5.41) is 4.92. The molecule has 0 saturated carbocycles. The highest BCUT2D eigenvalue weighted by atomic mass is 19.4. The van der Waals surface area contributed by atoms with E-state index in [-0.39, 0.29) is 23.6 Å². The number of rotatable bonds is 4. The van der Waals surface area contributed by atoms with E-state index in [9.17, 15) is 13.2 Å². The Morgan fingerprint density at radius 2 is 1.91 bits per heavy atom. The third-order valence-corrected chi connectivity index (χ3v) is 5.95. The zero-order chi connectivity index (χ0) is 23.7. The number of aromatic nitrogens is 3. The van der Waals surface area contributed by atoms with Crippen LogP contribution in [0, 0.1) is 0 Å². The summed E-state index contributed by atoms with van der Waals surface area (Å²) in [5.74, 6) is 0.208. The lowest BCUT2D eigenvalue weighted by atomic mass is 10.1. The first kappa shape index (κ1) is 22.2. The van der Waals surface area contributed by atoms with Gasteiger partial charge in [0.1, 0.15) is 5.65 Å².